The molecule has 1 rings (SSSR count). The maximum Gasteiger partial charge on any atom is -0.0129 e. The molecule has 0 saturated carbocycles. The van der Waals surface area contributed by atoms with Crippen LogP contribution < -0.4 is 0 Å². The van der Waals surface area contributed by atoms with Crippen LogP contribution in [-0.4, -0.2) is 0 Å². The molecule has 1 aromatic rings. The van der Waals surface area contributed by atoms with Crippen molar-refractivity contribution in [1.82, 2.24) is 0 Å². The summed E-state index contributed by atoms with van der Waals surface area (Å²) >= 11 is 0. The Balaban J connectivity index is 3.29. The summed E-state index contributed by atoms with van der Waals surface area (Å²) in [6.45, 7) is 14.9. The number of allylic oxidation sites excluding steroid dienone is 1. The first-order valence-electron chi connectivity index (χ1n) is 5.09. The van der Waals surface area contributed by atoms with Crippen molar-refractivity contribution in [2.75, 3.05) is 0 Å². The van der Waals surface area contributed by atoms with Crippen molar-refractivity contribution in [1.29, 1.82) is 0 Å². The molecule has 0 heteroatoms. The van der Waals surface area contributed by atoms with E-state index in [0.29, 0.717) is 0 Å². The van der Waals surface area contributed by atoms with Gasteiger partial charge < -0.3 is 0 Å². The number of benzene rings is 1. The summed E-state index contributed by atoms with van der Waals surface area (Å²) in [7, 11) is 0. The fourth-order valence-corrected chi connectivity index (χ4v) is 1.70. The van der Waals surface area contributed by atoms with E-state index in [2.05, 4.69) is 59.4 Å². The van der Waals surface area contributed by atoms with Crippen molar-refractivity contribution in [2.45, 2.75) is 40.0 Å². The zero-order valence-corrected chi connectivity index (χ0v) is 9.94. The monoisotopic (exact) mass is 188 g/mol. The van der Waals surface area contributed by atoms with Crippen LogP contribution in [0.5, 0.6) is 0 Å². The number of rotatable bonds is 1. The van der Waals surface area contributed by atoms with Crippen LogP contribution in [0.4, 0.5) is 0 Å². The fourth-order valence-electron chi connectivity index (χ4n) is 1.70. The summed E-state index contributed by atoms with van der Waals surface area (Å²) in [5.41, 5.74) is 5.38. The van der Waals surface area contributed by atoms with Crippen LogP contribution >= 0.6 is 0 Å². The Morgan fingerprint density at radius 3 is 2.21 bits per heavy atom. The molecule has 0 saturated heterocycles. The SMILES string of the molecule is C=C(C)c1ccc(C)c(C(C)(C)C)c1. The number of aryl methyl sites for hydroxylation is 1. The highest BCUT2D eigenvalue weighted by Gasteiger charge is 2.16. The summed E-state index contributed by atoms with van der Waals surface area (Å²) < 4.78 is 0. The van der Waals surface area contributed by atoms with E-state index in [-0.39, 0.29) is 5.41 Å². The average molecular weight is 188 g/mol. The molecule has 0 bridgehead atoms. The molecule has 0 aliphatic carbocycles. The molecule has 76 valence electrons. The number of hydrogen-bond donors (Lipinski definition) is 0. The molecule has 0 amide bonds. The summed E-state index contributed by atoms with van der Waals surface area (Å²) in [6, 6.07) is 6.59. The second-order valence-electron chi connectivity index (χ2n) is 5.06. The first kappa shape index (κ1) is 11.0. The fraction of sp³-hybridized carbons (Fsp3) is 0.429. The van der Waals surface area contributed by atoms with Gasteiger partial charge in [0.15, 0.2) is 0 Å². The molecule has 0 unspecified atom stereocenters. The molecular weight excluding hydrogens is 168 g/mol. The van der Waals surface area contributed by atoms with E-state index in [9.17, 15) is 0 Å². The summed E-state index contributed by atoms with van der Waals surface area (Å²) in [6.07, 6.45) is 0. The Labute approximate surface area is 87.7 Å². The van der Waals surface area contributed by atoms with Crippen LogP contribution in [0, 0.1) is 6.92 Å². The third-order valence-electron chi connectivity index (χ3n) is 2.54. The van der Waals surface area contributed by atoms with E-state index in [0.717, 1.165) is 5.57 Å². The Kier molecular flexibility index (Phi) is 2.84. The summed E-state index contributed by atoms with van der Waals surface area (Å²) in [5.74, 6) is 0. The predicted molar refractivity (Wildman–Crippen MR) is 64.6 cm³/mol. The van der Waals surface area contributed by atoms with E-state index in [1.807, 2.05) is 0 Å². The van der Waals surface area contributed by atoms with Crippen molar-refractivity contribution in [3.8, 4) is 0 Å². The lowest BCUT2D eigenvalue weighted by Gasteiger charge is -2.22. The zero-order valence-electron chi connectivity index (χ0n) is 9.94. The van der Waals surface area contributed by atoms with Gasteiger partial charge in [-0.05, 0) is 36.0 Å². The smallest absolute Gasteiger partial charge is 0.0129 e. The van der Waals surface area contributed by atoms with E-state index < -0.39 is 0 Å². The normalized spacial score (nSPS) is 11.5. The summed E-state index contributed by atoms with van der Waals surface area (Å²) in [4.78, 5) is 0. The van der Waals surface area contributed by atoms with Crippen molar-refractivity contribution in [3.05, 3.63) is 41.5 Å². The zero-order chi connectivity index (χ0) is 10.9. The maximum absolute atomic E-state index is 3.98. The first-order valence-corrected chi connectivity index (χ1v) is 5.09. The molecule has 0 radical (unpaired) electrons. The van der Waals surface area contributed by atoms with Gasteiger partial charge in [0.2, 0.25) is 0 Å². The topological polar surface area (TPSA) is 0 Å². The van der Waals surface area contributed by atoms with Gasteiger partial charge in [-0.1, -0.05) is 51.1 Å². The van der Waals surface area contributed by atoms with Gasteiger partial charge in [0.1, 0.15) is 0 Å². The van der Waals surface area contributed by atoms with Gasteiger partial charge in [0, 0.05) is 0 Å². The molecule has 0 aliphatic heterocycles. The van der Waals surface area contributed by atoms with Crippen LogP contribution in [0.1, 0.15) is 44.4 Å². The van der Waals surface area contributed by atoms with Gasteiger partial charge in [0.25, 0.3) is 0 Å². The van der Waals surface area contributed by atoms with Crippen LogP contribution in [0.2, 0.25) is 0 Å². The number of hydrogen-bond acceptors (Lipinski definition) is 0. The highest BCUT2D eigenvalue weighted by molar-refractivity contribution is 5.62. The van der Waals surface area contributed by atoms with Crippen LogP contribution in [0.25, 0.3) is 5.57 Å². The molecular formula is C14H20. The minimum absolute atomic E-state index is 0.218. The van der Waals surface area contributed by atoms with Crippen LogP contribution in [0.3, 0.4) is 0 Å². The molecule has 0 aliphatic rings. The Hall–Kier alpha value is -1.04. The van der Waals surface area contributed by atoms with Crippen molar-refractivity contribution >= 4 is 5.57 Å². The van der Waals surface area contributed by atoms with Crippen LogP contribution in [0.15, 0.2) is 24.8 Å². The Morgan fingerprint density at radius 2 is 1.79 bits per heavy atom. The second kappa shape index (κ2) is 3.61. The summed E-state index contributed by atoms with van der Waals surface area (Å²) in [5, 5.41) is 0. The third-order valence-corrected chi connectivity index (χ3v) is 2.54. The first-order chi connectivity index (χ1) is 6.32. The lowest BCUT2D eigenvalue weighted by Crippen LogP contribution is -2.13. The van der Waals surface area contributed by atoms with Gasteiger partial charge in [-0.2, -0.15) is 0 Å². The molecule has 1 aromatic carbocycles. The van der Waals surface area contributed by atoms with Gasteiger partial charge in [-0.15, -0.1) is 0 Å². The largest absolute Gasteiger partial charge is 0.0955 e. The Bertz CT molecular complexity index is 351. The standard InChI is InChI=1S/C14H20/c1-10(2)12-8-7-11(3)13(9-12)14(4,5)6/h7-9H,1H2,2-6H3. The third kappa shape index (κ3) is 2.25. The molecule has 0 heterocycles. The minimum atomic E-state index is 0.218. The van der Waals surface area contributed by atoms with Crippen molar-refractivity contribution in [3.63, 3.8) is 0 Å². The van der Waals surface area contributed by atoms with E-state index in [1.54, 1.807) is 0 Å². The molecule has 0 atom stereocenters. The van der Waals surface area contributed by atoms with Crippen LogP contribution in [-0.2, 0) is 5.41 Å². The molecule has 0 fully saturated rings. The lowest BCUT2D eigenvalue weighted by molar-refractivity contribution is 0.586. The van der Waals surface area contributed by atoms with Gasteiger partial charge in [-0.25, -0.2) is 0 Å². The van der Waals surface area contributed by atoms with Gasteiger partial charge in [0.05, 0.1) is 0 Å². The molecule has 0 N–H and O–H groups in total. The maximum atomic E-state index is 3.98. The van der Waals surface area contributed by atoms with Gasteiger partial charge >= 0.3 is 0 Å². The lowest BCUT2D eigenvalue weighted by atomic mass is 9.83. The molecule has 14 heavy (non-hydrogen) atoms. The second-order valence-corrected chi connectivity index (χ2v) is 5.06. The minimum Gasteiger partial charge on any atom is -0.0955 e. The average Bonchev–Trinajstić information content (AvgIpc) is 2.02. The Morgan fingerprint density at radius 1 is 1.21 bits per heavy atom. The highest BCUT2D eigenvalue weighted by Crippen LogP contribution is 2.28. The van der Waals surface area contributed by atoms with E-state index in [4.69, 9.17) is 0 Å². The quantitative estimate of drug-likeness (QED) is 0.615. The van der Waals surface area contributed by atoms with E-state index in [1.165, 1.54) is 16.7 Å². The van der Waals surface area contributed by atoms with Crippen molar-refractivity contribution in [2.24, 2.45) is 0 Å². The predicted octanol–water partition coefficient (Wildman–Crippen LogP) is 4.33. The molecule has 0 spiro atoms. The van der Waals surface area contributed by atoms with E-state index >= 15 is 0 Å². The van der Waals surface area contributed by atoms with Gasteiger partial charge in [-0.3, -0.25) is 0 Å². The molecule has 0 nitrogen and oxygen atoms in total. The molecule has 0 aromatic heterocycles. The van der Waals surface area contributed by atoms with Crippen molar-refractivity contribution < 1.29 is 0 Å². The highest BCUT2D eigenvalue weighted by atomic mass is 14.2.